The predicted molar refractivity (Wildman–Crippen MR) is 80.2 cm³/mol. The maximum Gasteiger partial charge on any atom is 0.223 e. The lowest BCUT2D eigenvalue weighted by Crippen LogP contribution is -2.44. The summed E-state index contributed by atoms with van der Waals surface area (Å²) in [6, 6.07) is 7.87. The first-order chi connectivity index (χ1) is 10.1. The van der Waals surface area contributed by atoms with Gasteiger partial charge >= 0.3 is 0 Å². The number of hydrogen-bond acceptors (Lipinski definition) is 3. The molecule has 0 aromatic heterocycles. The van der Waals surface area contributed by atoms with Gasteiger partial charge in [-0.15, -0.1) is 0 Å². The van der Waals surface area contributed by atoms with Crippen molar-refractivity contribution in [3.63, 3.8) is 0 Å². The second-order valence-corrected chi connectivity index (χ2v) is 6.16. The van der Waals surface area contributed by atoms with Gasteiger partial charge in [-0.1, -0.05) is 18.2 Å². The van der Waals surface area contributed by atoms with Gasteiger partial charge in [0, 0.05) is 13.0 Å². The Bertz CT molecular complexity index is 525. The molecule has 1 N–H and O–H groups in total. The third-order valence-corrected chi connectivity index (χ3v) is 4.76. The number of methoxy groups -OCH3 is 1. The number of carbonyl (C=O) groups is 1. The average Bonchev–Trinajstić information content (AvgIpc) is 3.05. The van der Waals surface area contributed by atoms with Crippen LogP contribution in [0.15, 0.2) is 24.3 Å². The first-order valence-corrected chi connectivity index (χ1v) is 7.78. The smallest absolute Gasteiger partial charge is 0.223 e. The molecule has 1 unspecified atom stereocenters. The van der Waals surface area contributed by atoms with Gasteiger partial charge in [-0.2, -0.15) is 0 Å². The largest absolute Gasteiger partial charge is 0.496 e. The lowest BCUT2D eigenvalue weighted by atomic mass is 10.0. The number of amides is 1. The summed E-state index contributed by atoms with van der Waals surface area (Å²) in [6.07, 6.45) is 4.80. The van der Waals surface area contributed by atoms with Gasteiger partial charge in [-0.05, 0) is 43.7 Å². The summed E-state index contributed by atoms with van der Waals surface area (Å²) in [6.45, 7) is 0.789. The highest BCUT2D eigenvalue weighted by molar-refractivity contribution is 5.77. The number of aryl methyl sites for hydroxylation is 1. The molecule has 1 aromatic carbocycles. The van der Waals surface area contributed by atoms with E-state index < -0.39 is 5.60 Å². The summed E-state index contributed by atoms with van der Waals surface area (Å²) < 4.78 is 5.32. The minimum atomic E-state index is -0.587. The van der Waals surface area contributed by atoms with E-state index in [1.165, 1.54) is 0 Å². The lowest BCUT2D eigenvalue weighted by Gasteiger charge is -2.29. The second kappa shape index (κ2) is 5.68. The molecule has 21 heavy (non-hydrogen) atoms. The Morgan fingerprint density at radius 2 is 2.19 bits per heavy atom. The predicted octanol–water partition coefficient (Wildman–Crippen LogP) is 2.14. The number of para-hydroxylation sites is 1. The molecule has 0 bridgehead atoms. The molecule has 1 saturated heterocycles. The van der Waals surface area contributed by atoms with Crippen LogP contribution in [0.3, 0.4) is 0 Å². The number of benzene rings is 1. The quantitative estimate of drug-likeness (QED) is 0.903. The van der Waals surface area contributed by atoms with E-state index in [1.807, 2.05) is 29.2 Å². The fourth-order valence-electron chi connectivity index (χ4n) is 3.38. The van der Waals surface area contributed by atoms with Crippen LogP contribution in [0.5, 0.6) is 5.75 Å². The fourth-order valence-corrected chi connectivity index (χ4v) is 3.38. The van der Waals surface area contributed by atoms with Gasteiger partial charge in [0.25, 0.3) is 0 Å². The Balaban J connectivity index is 1.61. The normalized spacial score (nSPS) is 23.1. The molecule has 1 aliphatic carbocycles. The molecule has 1 heterocycles. The van der Waals surface area contributed by atoms with Crippen molar-refractivity contribution in [1.82, 2.24) is 4.90 Å². The average molecular weight is 289 g/mol. The van der Waals surface area contributed by atoms with Crippen LogP contribution in [-0.2, 0) is 11.2 Å². The maximum absolute atomic E-state index is 12.5. The standard InChI is InChI=1S/C17H23NO3/c1-21-14-6-3-2-5-13(14)8-9-16(19)18-12-4-7-15(18)17(20)10-11-17/h2-3,5-6,15,20H,4,7-12H2,1H3. The van der Waals surface area contributed by atoms with E-state index in [0.717, 1.165) is 43.5 Å². The first kappa shape index (κ1) is 14.4. The van der Waals surface area contributed by atoms with Gasteiger partial charge < -0.3 is 14.7 Å². The van der Waals surface area contributed by atoms with E-state index in [1.54, 1.807) is 7.11 Å². The third-order valence-electron chi connectivity index (χ3n) is 4.76. The van der Waals surface area contributed by atoms with Crippen molar-refractivity contribution in [3.05, 3.63) is 29.8 Å². The van der Waals surface area contributed by atoms with Crippen LogP contribution in [0.4, 0.5) is 0 Å². The Labute approximate surface area is 125 Å². The highest BCUT2D eigenvalue weighted by Gasteiger charge is 2.52. The van der Waals surface area contributed by atoms with Crippen molar-refractivity contribution < 1.29 is 14.6 Å². The minimum absolute atomic E-state index is 0.0441. The molecule has 0 radical (unpaired) electrons. The number of rotatable bonds is 5. The van der Waals surface area contributed by atoms with Crippen LogP contribution in [0.25, 0.3) is 0 Å². The van der Waals surface area contributed by atoms with Crippen molar-refractivity contribution >= 4 is 5.91 Å². The zero-order valence-electron chi connectivity index (χ0n) is 12.5. The van der Waals surface area contributed by atoms with E-state index in [9.17, 15) is 9.90 Å². The van der Waals surface area contributed by atoms with Crippen molar-refractivity contribution in [1.29, 1.82) is 0 Å². The summed E-state index contributed by atoms with van der Waals surface area (Å²) in [7, 11) is 1.65. The van der Waals surface area contributed by atoms with Crippen LogP contribution in [0, 0.1) is 0 Å². The number of ether oxygens (including phenoxy) is 1. The van der Waals surface area contributed by atoms with Gasteiger partial charge in [-0.25, -0.2) is 0 Å². The molecule has 114 valence electrons. The Hall–Kier alpha value is -1.55. The van der Waals surface area contributed by atoms with Crippen LogP contribution in [-0.4, -0.2) is 41.2 Å². The molecule has 1 saturated carbocycles. The summed E-state index contributed by atoms with van der Waals surface area (Å²) in [5.41, 5.74) is 0.477. The van der Waals surface area contributed by atoms with Crippen molar-refractivity contribution in [2.75, 3.05) is 13.7 Å². The topological polar surface area (TPSA) is 49.8 Å². The van der Waals surface area contributed by atoms with Crippen LogP contribution in [0.2, 0.25) is 0 Å². The molecular weight excluding hydrogens is 266 g/mol. The number of nitrogens with zero attached hydrogens (tertiary/aromatic N) is 1. The van der Waals surface area contributed by atoms with Crippen LogP contribution < -0.4 is 4.74 Å². The molecule has 1 amide bonds. The third kappa shape index (κ3) is 2.91. The Morgan fingerprint density at radius 3 is 2.90 bits per heavy atom. The van der Waals surface area contributed by atoms with Gasteiger partial charge in [0.15, 0.2) is 0 Å². The van der Waals surface area contributed by atoms with Gasteiger partial charge in [-0.3, -0.25) is 4.79 Å². The van der Waals surface area contributed by atoms with Gasteiger partial charge in [0.2, 0.25) is 5.91 Å². The maximum atomic E-state index is 12.5. The zero-order chi connectivity index (χ0) is 14.9. The van der Waals surface area contributed by atoms with Crippen molar-refractivity contribution in [2.24, 2.45) is 0 Å². The zero-order valence-corrected chi connectivity index (χ0v) is 12.5. The van der Waals surface area contributed by atoms with Crippen LogP contribution in [0.1, 0.15) is 37.7 Å². The van der Waals surface area contributed by atoms with E-state index in [2.05, 4.69) is 0 Å². The van der Waals surface area contributed by atoms with E-state index >= 15 is 0 Å². The molecule has 4 heteroatoms. The molecule has 1 aliphatic heterocycles. The van der Waals surface area contributed by atoms with Gasteiger partial charge in [0.1, 0.15) is 5.75 Å². The van der Waals surface area contributed by atoms with Gasteiger partial charge in [0.05, 0.1) is 18.8 Å². The summed E-state index contributed by atoms with van der Waals surface area (Å²) in [5.74, 6) is 0.993. The summed E-state index contributed by atoms with van der Waals surface area (Å²) in [4.78, 5) is 14.4. The molecule has 2 fully saturated rings. The molecule has 2 aliphatic rings. The summed E-state index contributed by atoms with van der Waals surface area (Å²) in [5, 5.41) is 10.3. The lowest BCUT2D eigenvalue weighted by molar-refractivity contribution is -0.134. The van der Waals surface area contributed by atoms with Crippen molar-refractivity contribution in [3.8, 4) is 5.75 Å². The van der Waals surface area contributed by atoms with E-state index in [4.69, 9.17) is 4.74 Å². The summed E-state index contributed by atoms with van der Waals surface area (Å²) >= 11 is 0. The molecule has 4 nitrogen and oxygen atoms in total. The van der Waals surface area contributed by atoms with E-state index in [-0.39, 0.29) is 11.9 Å². The fraction of sp³-hybridized carbons (Fsp3) is 0.588. The number of carbonyl (C=O) groups excluding carboxylic acids is 1. The van der Waals surface area contributed by atoms with Crippen LogP contribution >= 0.6 is 0 Å². The highest BCUT2D eigenvalue weighted by atomic mass is 16.5. The molecule has 1 atom stereocenters. The molecule has 3 rings (SSSR count). The second-order valence-electron chi connectivity index (χ2n) is 6.16. The number of likely N-dealkylation sites (tertiary alicyclic amines) is 1. The Kier molecular flexibility index (Phi) is 3.89. The molecular formula is C17H23NO3. The molecule has 0 spiro atoms. The number of hydrogen-bond donors (Lipinski definition) is 1. The highest BCUT2D eigenvalue weighted by Crippen LogP contribution is 2.44. The SMILES string of the molecule is COc1ccccc1CCC(=O)N1CCCC1C1(O)CC1. The Morgan fingerprint density at radius 1 is 1.43 bits per heavy atom. The number of aliphatic hydroxyl groups is 1. The molecule has 1 aromatic rings. The monoisotopic (exact) mass is 289 g/mol. The van der Waals surface area contributed by atoms with E-state index in [0.29, 0.717) is 12.8 Å². The van der Waals surface area contributed by atoms with Crippen molar-refractivity contribution in [2.45, 2.75) is 50.2 Å². The minimum Gasteiger partial charge on any atom is -0.496 e. The first-order valence-electron chi connectivity index (χ1n) is 7.78.